The van der Waals surface area contributed by atoms with Crippen molar-refractivity contribution in [3.8, 4) is 0 Å². The second-order valence-electron chi connectivity index (χ2n) is 7.26. The molecule has 0 aromatic heterocycles. The maximum absolute atomic E-state index is 12.6. The number of nitrogens with zero attached hydrogens (tertiary/aromatic N) is 2. The molecule has 0 saturated carbocycles. The zero-order valence-electron chi connectivity index (χ0n) is 16.3. The van der Waals surface area contributed by atoms with Gasteiger partial charge in [-0.2, -0.15) is 0 Å². The average Bonchev–Trinajstić information content (AvgIpc) is 2.69. The Bertz CT molecular complexity index is 836. The molecule has 0 spiro atoms. The first kappa shape index (κ1) is 20.4. The number of rotatable bonds is 6. The van der Waals surface area contributed by atoms with Crippen LogP contribution in [0, 0.1) is 0 Å². The Kier molecular flexibility index (Phi) is 6.70. The lowest BCUT2D eigenvalue weighted by Crippen LogP contribution is -2.35. The van der Waals surface area contributed by atoms with Crippen molar-refractivity contribution in [3.05, 3.63) is 64.7 Å². The molecule has 1 unspecified atom stereocenters. The minimum absolute atomic E-state index is 0.0251. The Morgan fingerprint density at radius 2 is 1.86 bits per heavy atom. The summed E-state index contributed by atoms with van der Waals surface area (Å²) in [5.41, 5.74) is 2.40. The number of hydrogen-bond acceptors (Lipinski definition) is 3. The summed E-state index contributed by atoms with van der Waals surface area (Å²) in [7, 11) is 3.93. The van der Waals surface area contributed by atoms with E-state index >= 15 is 0 Å². The first-order valence-electron chi connectivity index (χ1n) is 9.57. The fraction of sp³-hybridized carbons (Fsp3) is 0.364. The standard InChI is InChI=1S/C22H26ClN3O2/c1-25(2)20(18-7-3-4-8-19(18)23)15-24-22(28)16-10-12-17(13-11-16)26-14-6-5-9-21(26)27/h3-4,7-8,10-13,20H,5-6,9,14-15H2,1-2H3,(H,24,28). The lowest BCUT2D eigenvalue weighted by Gasteiger charge is -2.27. The van der Waals surface area contributed by atoms with E-state index in [1.165, 1.54) is 0 Å². The molecule has 2 aromatic rings. The van der Waals surface area contributed by atoms with Gasteiger partial charge in [0, 0.05) is 35.8 Å². The molecule has 1 atom stereocenters. The number of nitrogens with one attached hydrogen (secondary N) is 1. The summed E-state index contributed by atoms with van der Waals surface area (Å²) in [6.45, 7) is 1.19. The molecule has 1 aliphatic heterocycles. The largest absolute Gasteiger partial charge is 0.350 e. The maximum Gasteiger partial charge on any atom is 0.251 e. The quantitative estimate of drug-likeness (QED) is 0.801. The van der Waals surface area contributed by atoms with Crippen LogP contribution >= 0.6 is 11.6 Å². The monoisotopic (exact) mass is 399 g/mol. The molecule has 6 heteroatoms. The Labute approximate surface area is 171 Å². The normalized spacial score (nSPS) is 15.6. The Hall–Kier alpha value is -2.37. The van der Waals surface area contributed by atoms with E-state index in [4.69, 9.17) is 11.6 Å². The zero-order valence-corrected chi connectivity index (χ0v) is 17.1. The van der Waals surface area contributed by atoms with Crippen molar-refractivity contribution in [1.82, 2.24) is 10.2 Å². The van der Waals surface area contributed by atoms with Gasteiger partial charge in [0.05, 0.1) is 6.04 Å². The van der Waals surface area contributed by atoms with E-state index in [9.17, 15) is 9.59 Å². The van der Waals surface area contributed by atoms with E-state index < -0.39 is 0 Å². The van der Waals surface area contributed by atoms with Crippen LogP contribution in [0.25, 0.3) is 0 Å². The van der Waals surface area contributed by atoms with Gasteiger partial charge >= 0.3 is 0 Å². The molecule has 3 rings (SSSR count). The number of carbonyl (C=O) groups is 2. The third-order valence-corrected chi connectivity index (χ3v) is 5.45. The van der Waals surface area contributed by atoms with Gasteiger partial charge in [-0.15, -0.1) is 0 Å². The van der Waals surface area contributed by atoms with Gasteiger partial charge in [0.1, 0.15) is 0 Å². The van der Waals surface area contributed by atoms with Crippen LogP contribution in [0.3, 0.4) is 0 Å². The molecule has 1 N–H and O–H groups in total. The van der Waals surface area contributed by atoms with Crippen LogP contribution < -0.4 is 10.2 Å². The predicted molar refractivity (Wildman–Crippen MR) is 113 cm³/mol. The van der Waals surface area contributed by atoms with Crippen molar-refractivity contribution in [3.63, 3.8) is 0 Å². The van der Waals surface area contributed by atoms with Crippen molar-refractivity contribution < 1.29 is 9.59 Å². The Morgan fingerprint density at radius 3 is 2.50 bits per heavy atom. The maximum atomic E-state index is 12.6. The van der Waals surface area contributed by atoms with Crippen LogP contribution in [0.15, 0.2) is 48.5 Å². The van der Waals surface area contributed by atoms with Gasteiger partial charge in [-0.3, -0.25) is 9.59 Å². The van der Waals surface area contributed by atoms with Crippen LogP contribution in [-0.4, -0.2) is 43.9 Å². The van der Waals surface area contributed by atoms with Crippen LogP contribution in [-0.2, 0) is 4.79 Å². The smallest absolute Gasteiger partial charge is 0.251 e. The molecule has 1 fully saturated rings. The Morgan fingerprint density at radius 1 is 1.14 bits per heavy atom. The number of amides is 2. The summed E-state index contributed by atoms with van der Waals surface area (Å²) in [6, 6.07) is 14.9. The highest BCUT2D eigenvalue weighted by Crippen LogP contribution is 2.26. The molecular formula is C22H26ClN3O2. The van der Waals surface area contributed by atoms with Crippen molar-refractivity contribution in [2.24, 2.45) is 0 Å². The summed E-state index contributed by atoms with van der Waals surface area (Å²) in [6.07, 6.45) is 2.56. The topological polar surface area (TPSA) is 52.7 Å². The molecule has 5 nitrogen and oxygen atoms in total. The van der Waals surface area contributed by atoms with Crippen LogP contribution in [0.1, 0.15) is 41.2 Å². The second kappa shape index (κ2) is 9.22. The number of carbonyl (C=O) groups excluding carboxylic acids is 2. The summed E-state index contributed by atoms with van der Waals surface area (Å²) >= 11 is 6.33. The highest BCUT2D eigenvalue weighted by molar-refractivity contribution is 6.31. The minimum atomic E-state index is -0.143. The zero-order chi connectivity index (χ0) is 20.1. The molecule has 1 saturated heterocycles. The van der Waals surface area contributed by atoms with E-state index in [0.29, 0.717) is 23.6 Å². The first-order valence-corrected chi connectivity index (χ1v) is 9.94. The van der Waals surface area contributed by atoms with E-state index in [-0.39, 0.29) is 17.9 Å². The van der Waals surface area contributed by atoms with Gasteiger partial charge in [0.25, 0.3) is 5.91 Å². The summed E-state index contributed by atoms with van der Waals surface area (Å²) in [5, 5.41) is 3.68. The summed E-state index contributed by atoms with van der Waals surface area (Å²) in [4.78, 5) is 28.5. The fourth-order valence-corrected chi connectivity index (χ4v) is 3.74. The number of anilines is 1. The molecule has 0 bridgehead atoms. The van der Waals surface area contributed by atoms with Gasteiger partial charge in [-0.25, -0.2) is 0 Å². The predicted octanol–water partition coefficient (Wildman–Crippen LogP) is 3.89. The molecule has 148 valence electrons. The highest BCUT2D eigenvalue weighted by Gasteiger charge is 2.21. The number of piperidine rings is 1. The fourth-order valence-electron chi connectivity index (χ4n) is 3.48. The van der Waals surface area contributed by atoms with E-state index in [2.05, 4.69) is 5.32 Å². The van der Waals surface area contributed by atoms with Gasteiger partial charge in [0.15, 0.2) is 0 Å². The molecular weight excluding hydrogens is 374 g/mol. The van der Waals surface area contributed by atoms with Crippen LogP contribution in [0.5, 0.6) is 0 Å². The summed E-state index contributed by atoms with van der Waals surface area (Å²) < 4.78 is 0. The van der Waals surface area contributed by atoms with Crippen molar-refractivity contribution in [2.45, 2.75) is 25.3 Å². The third-order valence-electron chi connectivity index (χ3n) is 5.11. The van der Waals surface area contributed by atoms with Crippen molar-refractivity contribution in [2.75, 3.05) is 32.1 Å². The lowest BCUT2D eigenvalue weighted by molar-refractivity contribution is -0.119. The van der Waals surface area contributed by atoms with Crippen molar-refractivity contribution >= 4 is 29.1 Å². The van der Waals surface area contributed by atoms with E-state index in [1.54, 1.807) is 17.0 Å². The SMILES string of the molecule is CN(C)C(CNC(=O)c1ccc(N2CCCCC2=O)cc1)c1ccccc1Cl. The van der Waals surface area contributed by atoms with Crippen molar-refractivity contribution in [1.29, 1.82) is 0 Å². The van der Waals surface area contributed by atoms with Crippen LogP contribution in [0.4, 0.5) is 5.69 Å². The second-order valence-corrected chi connectivity index (χ2v) is 7.67. The number of hydrogen-bond donors (Lipinski definition) is 1. The molecule has 28 heavy (non-hydrogen) atoms. The van der Waals surface area contributed by atoms with Crippen LogP contribution in [0.2, 0.25) is 5.02 Å². The molecule has 0 aliphatic carbocycles. The molecule has 1 heterocycles. The molecule has 0 radical (unpaired) electrons. The molecule has 2 amide bonds. The average molecular weight is 400 g/mol. The first-order chi connectivity index (χ1) is 13.5. The van der Waals surface area contributed by atoms with Gasteiger partial charge in [0.2, 0.25) is 5.91 Å². The van der Waals surface area contributed by atoms with Gasteiger partial charge in [-0.05, 0) is 62.8 Å². The van der Waals surface area contributed by atoms with Gasteiger partial charge in [-0.1, -0.05) is 29.8 Å². The number of benzene rings is 2. The van der Waals surface area contributed by atoms with E-state index in [0.717, 1.165) is 30.6 Å². The lowest BCUT2D eigenvalue weighted by atomic mass is 10.1. The number of likely N-dealkylation sites (N-methyl/N-ethyl adjacent to an activating group) is 1. The number of halogens is 1. The van der Waals surface area contributed by atoms with E-state index in [1.807, 2.05) is 55.4 Å². The minimum Gasteiger partial charge on any atom is -0.350 e. The Balaban J connectivity index is 1.65. The highest BCUT2D eigenvalue weighted by atomic mass is 35.5. The molecule has 2 aromatic carbocycles. The molecule has 1 aliphatic rings. The third kappa shape index (κ3) is 4.72. The van der Waals surface area contributed by atoms with Gasteiger partial charge < -0.3 is 15.1 Å². The summed E-state index contributed by atoms with van der Waals surface area (Å²) in [5.74, 6) is 0.00689.